The molecule has 0 aromatic carbocycles. The van der Waals surface area contributed by atoms with Crippen LogP contribution in [-0.2, 0) is 14.3 Å². The van der Waals surface area contributed by atoms with E-state index < -0.39 is 0 Å². The monoisotopic (exact) mass is 343 g/mol. The van der Waals surface area contributed by atoms with Crippen molar-refractivity contribution in [1.82, 2.24) is 4.90 Å². The van der Waals surface area contributed by atoms with Crippen LogP contribution in [0.3, 0.4) is 0 Å². The van der Waals surface area contributed by atoms with Gasteiger partial charge in [-0.05, 0) is 12.3 Å². The first-order chi connectivity index (χ1) is 11.5. The van der Waals surface area contributed by atoms with Crippen molar-refractivity contribution >= 4 is 5.91 Å². The molecule has 0 radical (unpaired) electrons. The van der Waals surface area contributed by atoms with Crippen LogP contribution in [0.5, 0.6) is 0 Å². The van der Waals surface area contributed by atoms with E-state index in [0.29, 0.717) is 26.4 Å². The van der Waals surface area contributed by atoms with Gasteiger partial charge in [-0.2, -0.15) is 0 Å². The van der Waals surface area contributed by atoms with Gasteiger partial charge in [0, 0.05) is 26.1 Å². The van der Waals surface area contributed by atoms with Gasteiger partial charge in [0.15, 0.2) is 0 Å². The SMILES string of the molecule is CCCCCCC(CC)CCOCCOCCN(C)C(=O)C(C)C. The largest absolute Gasteiger partial charge is 0.379 e. The third-order valence-electron chi connectivity index (χ3n) is 4.53. The van der Waals surface area contributed by atoms with E-state index in [1.807, 2.05) is 20.9 Å². The number of carbonyl (C=O) groups is 1. The number of amides is 1. The van der Waals surface area contributed by atoms with Crippen LogP contribution < -0.4 is 0 Å². The van der Waals surface area contributed by atoms with Crippen molar-refractivity contribution in [3.05, 3.63) is 0 Å². The van der Waals surface area contributed by atoms with Crippen LogP contribution in [-0.4, -0.2) is 50.8 Å². The maximum absolute atomic E-state index is 11.7. The van der Waals surface area contributed by atoms with Crippen LogP contribution in [0.1, 0.15) is 72.6 Å². The molecule has 0 aromatic rings. The van der Waals surface area contributed by atoms with E-state index in [1.54, 1.807) is 4.90 Å². The summed E-state index contributed by atoms with van der Waals surface area (Å²) in [5.74, 6) is 1.02. The highest BCUT2D eigenvalue weighted by Gasteiger charge is 2.12. The lowest BCUT2D eigenvalue weighted by molar-refractivity contribution is -0.133. The molecule has 0 fully saturated rings. The highest BCUT2D eigenvalue weighted by Crippen LogP contribution is 2.17. The highest BCUT2D eigenvalue weighted by molar-refractivity contribution is 5.77. The second kappa shape index (κ2) is 15.9. The molecule has 0 bridgehead atoms. The van der Waals surface area contributed by atoms with Gasteiger partial charge in [0.2, 0.25) is 5.91 Å². The lowest BCUT2D eigenvalue weighted by Gasteiger charge is -2.19. The fourth-order valence-electron chi connectivity index (χ4n) is 2.74. The van der Waals surface area contributed by atoms with E-state index in [9.17, 15) is 4.79 Å². The summed E-state index contributed by atoms with van der Waals surface area (Å²) < 4.78 is 11.2. The zero-order valence-electron chi connectivity index (χ0n) is 16.8. The van der Waals surface area contributed by atoms with Crippen molar-refractivity contribution in [2.24, 2.45) is 11.8 Å². The molecule has 0 heterocycles. The van der Waals surface area contributed by atoms with E-state index in [-0.39, 0.29) is 11.8 Å². The first kappa shape index (κ1) is 23.4. The fraction of sp³-hybridized carbons (Fsp3) is 0.950. The van der Waals surface area contributed by atoms with Crippen LogP contribution in [0.2, 0.25) is 0 Å². The van der Waals surface area contributed by atoms with Gasteiger partial charge in [-0.3, -0.25) is 4.79 Å². The highest BCUT2D eigenvalue weighted by atomic mass is 16.5. The van der Waals surface area contributed by atoms with Crippen molar-refractivity contribution in [2.45, 2.75) is 72.6 Å². The number of likely N-dealkylation sites (N-methyl/N-ethyl adjacent to an activating group) is 1. The summed E-state index contributed by atoms with van der Waals surface area (Å²) in [4.78, 5) is 13.4. The summed E-state index contributed by atoms with van der Waals surface area (Å²) >= 11 is 0. The van der Waals surface area contributed by atoms with Crippen LogP contribution in [0.25, 0.3) is 0 Å². The minimum atomic E-state index is 0.0480. The van der Waals surface area contributed by atoms with E-state index in [4.69, 9.17) is 9.47 Å². The quantitative estimate of drug-likeness (QED) is 0.387. The molecule has 0 rings (SSSR count). The molecule has 24 heavy (non-hydrogen) atoms. The van der Waals surface area contributed by atoms with E-state index in [2.05, 4.69) is 13.8 Å². The molecule has 144 valence electrons. The summed E-state index contributed by atoms with van der Waals surface area (Å²) in [7, 11) is 1.83. The number of unbranched alkanes of at least 4 members (excludes halogenated alkanes) is 3. The topological polar surface area (TPSA) is 38.8 Å². The zero-order chi connectivity index (χ0) is 18.2. The molecule has 0 aliphatic heterocycles. The second-order valence-corrected chi connectivity index (χ2v) is 7.05. The second-order valence-electron chi connectivity index (χ2n) is 7.05. The molecule has 4 nitrogen and oxygen atoms in total. The first-order valence-electron chi connectivity index (χ1n) is 9.93. The molecular weight excluding hydrogens is 302 g/mol. The minimum Gasteiger partial charge on any atom is -0.379 e. The number of ether oxygens (including phenoxy) is 2. The predicted octanol–water partition coefficient (Wildman–Crippen LogP) is 4.52. The van der Waals surface area contributed by atoms with Gasteiger partial charge in [0.1, 0.15) is 0 Å². The molecule has 1 amide bonds. The van der Waals surface area contributed by atoms with Gasteiger partial charge in [0.25, 0.3) is 0 Å². The molecule has 0 N–H and O–H groups in total. The molecule has 1 unspecified atom stereocenters. The first-order valence-corrected chi connectivity index (χ1v) is 9.93. The number of rotatable bonds is 16. The van der Waals surface area contributed by atoms with Crippen molar-refractivity contribution < 1.29 is 14.3 Å². The van der Waals surface area contributed by atoms with Gasteiger partial charge in [-0.15, -0.1) is 0 Å². The Morgan fingerprint density at radius 3 is 2.17 bits per heavy atom. The molecular formula is C20H41NO3. The molecule has 0 aliphatic carbocycles. The van der Waals surface area contributed by atoms with Crippen LogP contribution >= 0.6 is 0 Å². The third-order valence-corrected chi connectivity index (χ3v) is 4.53. The molecule has 4 heteroatoms. The molecule has 1 atom stereocenters. The molecule has 0 saturated heterocycles. The Balaban J connectivity index is 3.47. The predicted molar refractivity (Wildman–Crippen MR) is 101 cm³/mol. The minimum absolute atomic E-state index is 0.0480. The summed E-state index contributed by atoms with van der Waals surface area (Å²) in [6, 6.07) is 0. The Morgan fingerprint density at radius 2 is 1.58 bits per heavy atom. The Labute approximate surface area is 150 Å². The van der Waals surface area contributed by atoms with Crippen LogP contribution in [0.15, 0.2) is 0 Å². The van der Waals surface area contributed by atoms with Gasteiger partial charge < -0.3 is 14.4 Å². The van der Waals surface area contributed by atoms with E-state index >= 15 is 0 Å². The van der Waals surface area contributed by atoms with Gasteiger partial charge in [-0.1, -0.05) is 66.2 Å². The smallest absolute Gasteiger partial charge is 0.224 e. The lowest BCUT2D eigenvalue weighted by Crippen LogP contribution is -2.33. The standard InChI is InChI=1S/C20H41NO3/c1-6-8-9-10-11-19(7-2)12-14-23-16-17-24-15-13-21(5)20(22)18(3)4/h18-19H,6-17H2,1-5H3. The lowest BCUT2D eigenvalue weighted by atomic mass is 9.95. The summed E-state index contributed by atoms with van der Waals surface area (Å²) in [5, 5.41) is 0. The maximum atomic E-state index is 11.7. The molecule has 0 saturated carbocycles. The fourth-order valence-corrected chi connectivity index (χ4v) is 2.74. The van der Waals surface area contributed by atoms with Crippen molar-refractivity contribution in [1.29, 1.82) is 0 Å². The summed E-state index contributed by atoms with van der Waals surface area (Å²) in [5.41, 5.74) is 0. The maximum Gasteiger partial charge on any atom is 0.224 e. The number of hydrogen-bond donors (Lipinski definition) is 0. The van der Waals surface area contributed by atoms with Crippen molar-refractivity contribution in [3.8, 4) is 0 Å². The zero-order valence-corrected chi connectivity index (χ0v) is 16.8. The Morgan fingerprint density at radius 1 is 0.917 bits per heavy atom. The average molecular weight is 344 g/mol. The van der Waals surface area contributed by atoms with Crippen LogP contribution in [0, 0.1) is 11.8 Å². The number of hydrogen-bond acceptors (Lipinski definition) is 3. The molecule has 0 aromatic heterocycles. The normalized spacial score (nSPS) is 12.6. The van der Waals surface area contributed by atoms with Crippen molar-refractivity contribution in [2.75, 3.05) is 40.0 Å². The third kappa shape index (κ3) is 12.8. The van der Waals surface area contributed by atoms with E-state index in [0.717, 1.165) is 18.9 Å². The van der Waals surface area contributed by atoms with E-state index in [1.165, 1.54) is 38.5 Å². The Kier molecular flexibility index (Phi) is 15.5. The molecule has 0 spiro atoms. The van der Waals surface area contributed by atoms with Crippen LogP contribution in [0.4, 0.5) is 0 Å². The van der Waals surface area contributed by atoms with Gasteiger partial charge >= 0.3 is 0 Å². The summed E-state index contributed by atoms with van der Waals surface area (Å²) in [6.07, 6.45) is 9.15. The Bertz CT molecular complexity index is 295. The average Bonchev–Trinajstić information content (AvgIpc) is 2.57. The Hall–Kier alpha value is -0.610. The summed E-state index contributed by atoms with van der Waals surface area (Å²) in [6.45, 7) is 11.7. The van der Waals surface area contributed by atoms with Crippen molar-refractivity contribution in [3.63, 3.8) is 0 Å². The van der Waals surface area contributed by atoms with Gasteiger partial charge in [-0.25, -0.2) is 0 Å². The number of nitrogens with zero attached hydrogens (tertiary/aromatic N) is 1. The van der Waals surface area contributed by atoms with Gasteiger partial charge in [0.05, 0.1) is 19.8 Å². The molecule has 0 aliphatic rings. The number of carbonyl (C=O) groups excluding carboxylic acids is 1.